The van der Waals surface area contributed by atoms with Gasteiger partial charge in [0.25, 0.3) is 0 Å². The molecule has 0 bridgehead atoms. The highest BCUT2D eigenvalue weighted by Gasteiger charge is 2.22. The topological polar surface area (TPSA) is 38.7 Å². The minimum atomic E-state index is 0.287. The van der Waals surface area contributed by atoms with Gasteiger partial charge in [0.1, 0.15) is 5.75 Å². The number of phenols is 1. The van der Waals surface area contributed by atoms with Crippen LogP contribution in [-0.2, 0) is 0 Å². The first kappa shape index (κ1) is 12.8. The van der Waals surface area contributed by atoms with Gasteiger partial charge in [0.15, 0.2) is 11.5 Å². The Bertz CT molecular complexity index is 390. The maximum absolute atomic E-state index is 10.0. The lowest BCUT2D eigenvalue weighted by atomic mass is 10.2. The Labute approximate surface area is 110 Å². The Morgan fingerprint density at radius 3 is 2.29 bits per heavy atom. The lowest BCUT2D eigenvalue weighted by Gasteiger charge is -2.23. The first-order valence-corrected chi connectivity index (χ1v) is 7.54. The van der Waals surface area contributed by atoms with Crippen molar-refractivity contribution in [2.24, 2.45) is 0 Å². The summed E-state index contributed by atoms with van der Waals surface area (Å²) >= 11 is 3.74. The summed E-state index contributed by atoms with van der Waals surface area (Å²) in [5, 5.41) is 10.0. The third kappa shape index (κ3) is 2.77. The van der Waals surface area contributed by atoms with Crippen LogP contribution >= 0.6 is 23.5 Å². The summed E-state index contributed by atoms with van der Waals surface area (Å²) in [5.41, 5.74) is 0.928. The molecular formula is C12H16O3S2. The van der Waals surface area contributed by atoms with E-state index in [0.29, 0.717) is 16.1 Å². The van der Waals surface area contributed by atoms with Gasteiger partial charge in [-0.05, 0) is 24.0 Å². The van der Waals surface area contributed by atoms with Crippen molar-refractivity contribution in [2.75, 3.05) is 25.7 Å². The predicted octanol–water partition coefficient (Wildman–Crippen LogP) is 3.28. The highest BCUT2D eigenvalue weighted by atomic mass is 32.2. The van der Waals surface area contributed by atoms with Gasteiger partial charge < -0.3 is 14.6 Å². The van der Waals surface area contributed by atoms with Crippen LogP contribution in [0, 0.1) is 0 Å². The van der Waals surface area contributed by atoms with Crippen molar-refractivity contribution in [1.29, 1.82) is 0 Å². The minimum absolute atomic E-state index is 0.287. The van der Waals surface area contributed by atoms with Crippen LogP contribution < -0.4 is 9.47 Å². The molecule has 0 aromatic heterocycles. The van der Waals surface area contributed by atoms with Crippen LogP contribution in [0.5, 0.6) is 17.2 Å². The molecule has 1 aliphatic rings. The fourth-order valence-corrected chi connectivity index (χ4v) is 4.67. The fraction of sp³-hybridized carbons (Fsp3) is 0.500. The maximum atomic E-state index is 10.0. The van der Waals surface area contributed by atoms with E-state index in [0.717, 1.165) is 17.1 Å². The Kier molecular flexibility index (Phi) is 4.34. The largest absolute Gasteiger partial charge is 0.507 e. The van der Waals surface area contributed by atoms with Crippen molar-refractivity contribution < 1.29 is 14.6 Å². The average Bonchev–Trinajstić information content (AvgIpc) is 2.39. The van der Waals surface area contributed by atoms with Crippen LogP contribution in [-0.4, -0.2) is 30.8 Å². The van der Waals surface area contributed by atoms with Crippen molar-refractivity contribution in [3.8, 4) is 17.2 Å². The molecule has 0 radical (unpaired) electrons. The molecule has 1 aromatic rings. The zero-order valence-electron chi connectivity index (χ0n) is 9.93. The van der Waals surface area contributed by atoms with Gasteiger partial charge in [0.05, 0.1) is 18.8 Å². The first-order valence-electron chi connectivity index (χ1n) is 5.44. The van der Waals surface area contributed by atoms with E-state index in [9.17, 15) is 5.11 Å². The van der Waals surface area contributed by atoms with Crippen molar-refractivity contribution in [3.05, 3.63) is 17.7 Å². The molecule has 0 spiro atoms. The maximum Gasteiger partial charge on any atom is 0.164 e. The van der Waals surface area contributed by atoms with Crippen LogP contribution in [0.3, 0.4) is 0 Å². The molecule has 1 heterocycles. The summed E-state index contributed by atoms with van der Waals surface area (Å²) in [4.78, 5) is 0. The van der Waals surface area contributed by atoms with E-state index < -0.39 is 0 Å². The van der Waals surface area contributed by atoms with Gasteiger partial charge >= 0.3 is 0 Å². The number of hydrogen-bond donors (Lipinski definition) is 1. The smallest absolute Gasteiger partial charge is 0.164 e. The molecule has 1 aliphatic heterocycles. The van der Waals surface area contributed by atoms with Gasteiger partial charge in [-0.15, -0.1) is 23.5 Å². The summed E-state index contributed by atoms with van der Waals surface area (Å²) in [6, 6.07) is 3.51. The number of ether oxygens (including phenoxy) is 2. The van der Waals surface area contributed by atoms with E-state index in [-0.39, 0.29) is 5.75 Å². The number of rotatable bonds is 3. The minimum Gasteiger partial charge on any atom is -0.507 e. The van der Waals surface area contributed by atoms with Gasteiger partial charge in [-0.25, -0.2) is 0 Å². The van der Waals surface area contributed by atoms with Crippen molar-refractivity contribution in [3.63, 3.8) is 0 Å². The summed E-state index contributed by atoms with van der Waals surface area (Å²) in [6.07, 6.45) is 1.24. The molecule has 1 N–H and O–H groups in total. The molecule has 3 nitrogen and oxygen atoms in total. The molecule has 2 rings (SSSR count). The third-order valence-electron chi connectivity index (χ3n) is 2.61. The van der Waals surface area contributed by atoms with E-state index in [4.69, 9.17) is 9.47 Å². The monoisotopic (exact) mass is 272 g/mol. The molecule has 17 heavy (non-hydrogen) atoms. The first-order chi connectivity index (χ1) is 8.26. The van der Waals surface area contributed by atoms with E-state index in [2.05, 4.69) is 0 Å². The number of benzene rings is 1. The van der Waals surface area contributed by atoms with Gasteiger partial charge in [0.2, 0.25) is 0 Å². The molecule has 1 saturated heterocycles. The molecule has 0 amide bonds. The van der Waals surface area contributed by atoms with Gasteiger partial charge in [-0.2, -0.15) is 0 Å². The predicted molar refractivity (Wildman–Crippen MR) is 73.5 cm³/mol. The van der Waals surface area contributed by atoms with Crippen LogP contribution in [0.2, 0.25) is 0 Å². The molecule has 94 valence electrons. The zero-order valence-corrected chi connectivity index (χ0v) is 11.6. The molecule has 0 aliphatic carbocycles. The Hall–Kier alpha value is -0.680. The molecule has 1 aromatic carbocycles. The van der Waals surface area contributed by atoms with E-state index >= 15 is 0 Å². The highest BCUT2D eigenvalue weighted by Crippen LogP contribution is 2.49. The summed E-state index contributed by atoms with van der Waals surface area (Å²) in [6.45, 7) is 0. The molecule has 0 unspecified atom stereocenters. The molecule has 5 heteroatoms. The van der Waals surface area contributed by atoms with Crippen LogP contribution in [0.1, 0.15) is 16.6 Å². The van der Waals surface area contributed by atoms with Gasteiger partial charge in [-0.3, -0.25) is 0 Å². The summed E-state index contributed by atoms with van der Waals surface area (Å²) < 4.78 is 10.7. The van der Waals surface area contributed by atoms with Gasteiger partial charge in [0, 0.05) is 11.6 Å². The van der Waals surface area contributed by atoms with Gasteiger partial charge in [-0.1, -0.05) is 0 Å². The number of thioether (sulfide) groups is 2. The second-order valence-corrected chi connectivity index (χ2v) is 6.42. The lowest BCUT2D eigenvalue weighted by molar-refractivity contribution is 0.350. The SMILES string of the molecule is COc1cc(O)c(C2SCCCS2)cc1OC. The highest BCUT2D eigenvalue weighted by molar-refractivity contribution is 8.16. The number of aromatic hydroxyl groups is 1. The summed E-state index contributed by atoms with van der Waals surface area (Å²) in [5.74, 6) is 3.82. The number of hydrogen-bond acceptors (Lipinski definition) is 5. The van der Waals surface area contributed by atoms with Crippen LogP contribution in [0.4, 0.5) is 0 Å². The van der Waals surface area contributed by atoms with Crippen LogP contribution in [0.15, 0.2) is 12.1 Å². The van der Waals surface area contributed by atoms with E-state index in [1.54, 1.807) is 20.3 Å². The van der Waals surface area contributed by atoms with Crippen LogP contribution in [0.25, 0.3) is 0 Å². The number of methoxy groups -OCH3 is 2. The molecule has 0 atom stereocenters. The number of phenolic OH excluding ortho intramolecular Hbond substituents is 1. The third-order valence-corrected chi connectivity index (χ3v) is 5.59. The quantitative estimate of drug-likeness (QED) is 0.914. The Balaban J connectivity index is 2.32. The van der Waals surface area contributed by atoms with E-state index in [1.807, 2.05) is 29.6 Å². The standard InChI is InChI=1S/C12H16O3S2/c1-14-10-6-8(9(13)7-11(10)15-2)12-16-4-3-5-17-12/h6-7,12-13H,3-5H2,1-2H3. The van der Waals surface area contributed by atoms with E-state index in [1.165, 1.54) is 6.42 Å². The molecular weight excluding hydrogens is 256 g/mol. The molecule has 1 fully saturated rings. The molecule has 0 saturated carbocycles. The normalized spacial score (nSPS) is 16.8. The zero-order chi connectivity index (χ0) is 12.3. The lowest BCUT2D eigenvalue weighted by Crippen LogP contribution is -2.01. The average molecular weight is 272 g/mol. The fourth-order valence-electron chi connectivity index (χ4n) is 1.74. The Morgan fingerprint density at radius 1 is 1.12 bits per heavy atom. The Morgan fingerprint density at radius 2 is 1.71 bits per heavy atom. The second kappa shape index (κ2) is 5.78. The second-order valence-electron chi connectivity index (χ2n) is 3.69. The van der Waals surface area contributed by atoms with Crippen molar-refractivity contribution >= 4 is 23.5 Å². The summed E-state index contributed by atoms with van der Waals surface area (Å²) in [7, 11) is 3.18. The van der Waals surface area contributed by atoms with Crippen molar-refractivity contribution in [1.82, 2.24) is 0 Å². The van der Waals surface area contributed by atoms with Crippen molar-refractivity contribution in [2.45, 2.75) is 11.0 Å².